The molecule has 1 amide bonds. The molecule has 1 aliphatic carbocycles. The second-order valence-corrected chi connectivity index (χ2v) is 10.2. The first-order valence-electron chi connectivity index (χ1n) is 10.2. The van der Waals surface area contributed by atoms with Crippen LogP contribution in [0.1, 0.15) is 25.3 Å². The molecule has 30 heavy (non-hydrogen) atoms. The Morgan fingerprint density at radius 1 is 1.17 bits per heavy atom. The first kappa shape index (κ1) is 19.4. The molecule has 8 heteroatoms. The summed E-state index contributed by atoms with van der Waals surface area (Å²) in [6.07, 6.45) is 2.29. The van der Waals surface area contributed by atoms with Gasteiger partial charge in [-0.2, -0.15) is 4.31 Å². The molecule has 2 heterocycles. The fraction of sp³-hybridized carbons (Fsp3) is 0.409. The molecule has 7 nitrogen and oxygen atoms in total. The van der Waals surface area contributed by atoms with E-state index in [1.165, 1.54) is 4.31 Å². The van der Waals surface area contributed by atoms with Crippen molar-refractivity contribution in [2.45, 2.75) is 31.1 Å². The molecule has 2 aromatic rings. The van der Waals surface area contributed by atoms with Gasteiger partial charge in [-0.25, -0.2) is 8.42 Å². The van der Waals surface area contributed by atoms with Crippen LogP contribution in [0.15, 0.2) is 47.4 Å². The normalized spacial score (nSPS) is 24.9. The lowest BCUT2D eigenvalue weighted by atomic mass is 10.0. The Morgan fingerprint density at radius 3 is 2.70 bits per heavy atom. The van der Waals surface area contributed by atoms with E-state index in [2.05, 4.69) is 5.32 Å². The van der Waals surface area contributed by atoms with Gasteiger partial charge in [0.2, 0.25) is 22.7 Å². The maximum atomic E-state index is 13.0. The van der Waals surface area contributed by atoms with Crippen molar-refractivity contribution in [1.29, 1.82) is 0 Å². The molecule has 0 bridgehead atoms. The van der Waals surface area contributed by atoms with E-state index in [0.29, 0.717) is 48.0 Å². The summed E-state index contributed by atoms with van der Waals surface area (Å²) < 4.78 is 38.2. The zero-order chi connectivity index (χ0) is 20.9. The Hall–Kier alpha value is -2.58. The number of benzene rings is 2. The quantitative estimate of drug-likeness (QED) is 0.791. The molecule has 0 unspecified atom stereocenters. The van der Waals surface area contributed by atoms with E-state index in [1.807, 2.05) is 19.1 Å². The van der Waals surface area contributed by atoms with Gasteiger partial charge < -0.3 is 14.8 Å². The molecule has 0 aromatic heterocycles. The highest BCUT2D eigenvalue weighted by molar-refractivity contribution is 7.89. The van der Waals surface area contributed by atoms with Crippen LogP contribution in [0.25, 0.3) is 0 Å². The molecule has 2 atom stereocenters. The first-order chi connectivity index (χ1) is 14.4. The fourth-order valence-electron chi connectivity index (χ4n) is 4.48. The van der Waals surface area contributed by atoms with Crippen LogP contribution in [0.4, 0.5) is 5.69 Å². The van der Waals surface area contributed by atoms with Gasteiger partial charge in [0.15, 0.2) is 11.5 Å². The highest BCUT2D eigenvalue weighted by atomic mass is 32.2. The lowest BCUT2D eigenvalue weighted by Crippen LogP contribution is -2.30. The molecular formula is C22H24N2O5S. The largest absolute Gasteiger partial charge is 0.454 e. The standard InChI is InChI=1S/C22H24N2O5S/c1-2-15-3-6-17(7-4-15)30(26,27)24-10-9-22(13-24)12-18(22)21(25)23-16-5-8-19-20(11-16)29-14-28-19/h3-8,11,18H,2,9-10,12-14H2,1H3,(H,23,25)/t18-,22+/m0/s1. The number of ether oxygens (including phenoxy) is 2. The number of carbonyl (C=O) groups excluding carboxylic acids is 1. The zero-order valence-corrected chi connectivity index (χ0v) is 17.6. The summed E-state index contributed by atoms with van der Waals surface area (Å²) in [6, 6.07) is 12.4. The number of anilines is 1. The van der Waals surface area contributed by atoms with Crippen molar-refractivity contribution in [2.75, 3.05) is 25.2 Å². The van der Waals surface area contributed by atoms with Gasteiger partial charge in [0, 0.05) is 30.8 Å². The van der Waals surface area contributed by atoms with Crippen LogP contribution < -0.4 is 14.8 Å². The third-order valence-corrected chi connectivity index (χ3v) is 8.33. The summed E-state index contributed by atoms with van der Waals surface area (Å²) in [7, 11) is -3.54. The summed E-state index contributed by atoms with van der Waals surface area (Å²) in [5.74, 6) is 1.04. The average molecular weight is 429 g/mol. The van der Waals surface area contributed by atoms with Gasteiger partial charge in [-0.3, -0.25) is 4.79 Å². The van der Waals surface area contributed by atoms with E-state index in [9.17, 15) is 13.2 Å². The van der Waals surface area contributed by atoms with Crippen molar-refractivity contribution < 1.29 is 22.7 Å². The van der Waals surface area contributed by atoms with Gasteiger partial charge in [-0.1, -0.05) is 19.1 Å². The summed E-state index contributed by atoms with van der Waals surface area (Å²) in [5.41, 5.74) is 1.51. The van der Waals surface area contributed by atoms with Gasteiger partial charge in [-0.15, -0.1) is 0 Å². The van der Waals surface area contributed by atoms with E-state index >= 15 is 0 Å². The van der Waals surface area contributed by atoms with Gasteiger partial charge in [0.1, 0.15) is 0 Å². The lowest BCUT2D eigenvalue weighted by Gasteiger charge is -2.17. The maximum absolute atomic E-state index is 13.0. The van der Waals surface area contributed by atoms with E-state index in [4.69, 9.17) is 9.47 Å². The van der Waals surface area contributed by atoms with Crippen molar-refractivity contribution in [3.8, 4) is 11.5 Å². The molecule has 1 saturated heterocycles. The van der Waals surface area contributed by atoms with Gasteiger partial charge in [-0.05, 0) is 54.5 Å². The molecule has 2 aliphatic heterocycles. The van der Waals surface area contributed by atoms with Crippen molar-refractivity contribution in [2.24, 2.45) is 11.3 Å². The van der Waals surface area contributed by atoms with Crippen molar-refractivity contribution in [1.82, 2.24) is 4.31 Å². The Labute approximate surface area is 176 Å². The molecule has 1 saturated carbocycles. The van der Waals surface area contributed by atoms with E-state index in [-0.39, 0.29) is 24.0 Å². The highest BCUT2D eigenvalue weighted by Crippen LogP contribution is 2.59. The van der Waals surface area contributed by atoms with E-state index in [1.54, 1.807) is 30.3 Å². The predicted octanol–water partition coefficient (Wildman–Crippen LogP) is 3.02. The number of sulfonamides is 1. The number of amides is 1. The van der Waals surface area contributed by atoms with E-state index in [0.717, 1.165) is 12.0 Å². The molecule has 0 radical (unpaired) electrons. The second-order valence-electron chi connectivity index (χ2n) is 8.26. The molecule has 2 aromatic carbocycles. The van der Waals surface area contributed by atoms with Crippen molar-refractivity contribution >= 4 is 21.6 Å². The van der Waals surface area contributed by atoms with Gasteiger partial charge in [0.25, 0.3) is 0 Å². The molecule has 5 rings (SSSR count). The van der Waals surface area contributed by atoms with Crippen LogP contribution in [0.2, 0.25) is 0 Å². The number of nitrogens with zero attached hydrogens (tertiary/aromatic N) is 1. The average Bonchev–Trinajstić information content (AvgIpc) is 3.05. The number of hydrogen-bond donors (Lipinski definition) is 1. The Morgan fingerprint density at radius 2 is 1.93 bits per heavy atom. The number of carbonyl (C=O) groups is 1. The predicted molar refractivity (Wildman–Crippen MR) is 111 cm³/mol. The summed E-state index contributed by atoms with van der Waals surface area (Å²) >= 11 is 0. The SMILES string of the molecule is CCc1ccc(S(=O)(=O)N2CC[C@@]3(C[C@H]3C(=O)Nc3ccc4c(c3)OCO4)C2)cc1. The molecule has 1 spiro atoms. The second kappa shape index (κ2) is 6.99. The minimum atomic E-state index is -3.54. The smallest absolute Gasteiger partial charge is 0.243 e. The highest BCUT2D eigenvalue weighted by Gasteiger charge is 2.62. The lowest BCUT2D eigenvalue weighted by molar-refractivity contribution is -0.118. The van der Waals surface area contributed by atoms with Gasteiger partial charge in [0.05, 0.1) is 4.90 Å². The topological polar surface area (TPSA) is 84.9 Å². The van der Waals surface area contributed by atoms with Crippen LogP contribution in [0.5, 0.6) is 11.5 Å². The van der Waals surface area contributed by atoms with Crippen LogP contribution in [0, 0.1) is 11.3 Å². The summed E-state index contributed by atoms with van der Waals surface area (Å²) in [4.78, 5) is 13.1. The van der Waals surface area contributed by atoms with Crippen LogP contribution in [-0.2, 0) is 21.2 Å². The number of nitrogens with one attached hydrogen (secondary N) is 1. The van der Waals surface area contributed by atoms with Crippen LogP contribution in [0.3, 0.4) is 0 Å². The van der Waals surface area contributed by atoms with Crippen molar-refractivity contribution in [3.63, 3.8) is 0 Å². The van der Waals surface area contributed by atoms with Gasteiger partial charge >= 0.3 is 0 Å². The summed E-state index contributed by atoms with van der Waals surface area (Å²) in [6.45, 7) is 3.06. The Kier molecular flexibility index (Phi) is 4.52. The number of rotatable bonds is 5. The fourth-order valence-corrected chi connectivity index (χ4v) is 6.02. The minimum Gasteiger partial charge on any atom is -0.454 e. The Bertz CT molecular complexity index is 1100. The molecule has 2 fully saturated rings. The molecular weight excluding hydrogens is 404 g/mol. The van der Waals surface area contributed by atoms with Crippen molar-refractivity contribution in [3.05, 3.63) is 48.0 Å². The Balaban J connectivity index is 1.25. The number of aryl methyl sites for hydroxylation is 1. The molecule has 158 valence electrons. The van der Waals surface area contributed by atoms with Crippen LogP contribution in [-0.4, -0.2) is 38.5 Å². The van der Waals surface area contributed by atoms with Crippen LogP contribution >= 0.6 is 0 Å². The number of fused-ring (bicyclic) bond motifs is 1. The molecule has 3 aliphatic rings. The number of hydrogen-bond acceptors (Lipinski definition) is 5. The molecule has 1 N–H and O–H groups in total. The van der Waals surface area contributed by atoms with E-state index < -0.39 is 10.0 Å². The minimum absolute atomic E-state index is 0.0691. The monoisotopic (exact) mass is 428 g/mol. The zero-order valence-electron chi connectivity index (χ0n) is 16.8. The third kappa shape index (κ3) is 3.24. The first-order valence-corrected chi connectivity index (χ1v) is 11.6. The summed E-state index contributed by atoms with van der Waals surface area (Å²) in [5, 5.41) is 2.94. The maximum Gasteiger partial charge on any atom is 0.243 e. The third-order valence-electron chi connectivity index (χ3n) is 6.47.